The Morgan fingerprint density at radius 3 is 2.94 bits per heavy atom. The predicted molar refractivity (Wildman–Crippen MR) is 71.7 cm³/mol. The second kappa shape index (κ2) is 4.51. The van der Waals surface area contributed by atoms with Crippen LogP contribution in [0.2, 0.25) is 0 Å². The van der Waals surface area contributed by atoms with E-state index in [-0.39, 0.29) is 5.60 Å². The van der Waals surface area contributed by atoms with Gasteiger partial charge in [0.05, 0.1) is 12.2 Å². The SMILES string of the molecule is CCOC1CC2(C1)C[C@@H](O)c1cc(Br)ccc1O2. The molecule has 1 spiro atoms. The quantitative estimate of drug-likeness (QED) is 0.911. The van der Waals surface area contributed by atoms with Gasteiger partial charge in [-0.25, -0.2) is 0 Å². The first-order valence-corrected chi connectivity index (χ1v) is 7.19. The van der Waals surface area contributed by atoms with Crippen LogP contribution in [0.15, 0.2) is 22.7 Å². The molecule has 1 aromatic carbocycles. The van der Waals surface area contributed by atoms with Crippen molar-refractivity contribution < 1.29 is 14.6 Å². The number of ether oxygens (including phenoxy) is 2. The van der Waals surface area contributed by atoms with Crippen molar-refractivity contribution in [1.29, 1.82) is 0 Å². The van der Waals surface area contributed by atoms with Gasteiger partial charge >= 0.3 is 0 Å². The van der Waals surface area contributed by atoms with Crippen molar-refractivity contribution in [2.45, 2.75) is 44.0 Å². The van der Waals surface area contributed by atoms with E-state index >= 15 is 0 Å². The van der Waals surface area contributed by atoms with Gasteiger partial charge < -0.3 is 14.6 Å². The van der Waals surface area contributed by atoms with Gasteiger partial charge in [-0.1, -0.05) is 15.9 Å². The number of aliphatic hydroxyl groups is 1. The van der Waals surface area contributed by atoms with Crippen molar-refractivity contribution >= 4 is 15.9 Å². The van der Waals surface area contributed by atoms with Crippen LogP contribution in [0.25, 0.3) is 0 Å². The summed E-state index contributed by atoms with van der Waals surface area (Å²) in [5.41, 5.74) is 0.676. The fourth-order valence-corrected chi connectivity index (χ4v) is 3.36. The third-order valence-electron chi connectivity index (χ3n) is 3.82. The molecular formula is C14H17BrO3. The number of benzene rings is 1. The van der Waals surface area contributed by atoms with Crippen molar-refractivity contribution in [3.05, 3.63) is 28.2 Å². The van der Waals surface area contributed by atoms with Crippen molar-refractivity contribution in [2.75, 3.05) is 6.61 Å². The van der Waals surface area contributed by atoms with Gasteiger partial charge in [0.25, 0.3) is 0 Å². The molecule has 0 aromatic heterocycles. The second-order valence-electron chi connectivity index (χ2n) is 5.17. The Kier molecular flexibility index (Phi) is 3.12. The minimum atomic E-state index is -0.436. The fraction of sp³-hybridized carbons (Fsp3) is 0.571. The lowest BCUT2D eigenvalue weighted by atomic mass is 9.71. The van der Waals surface area contributed by atoms with E-state index in [9.17, 15) is 5.11 Å². The molecular weight excluding hydrogens is 296 g/mol. The molecule has 3 nitrogen and oxygen atoms in total. The van der Waals surface area contributed by atoms with E-state index in [0.717, 1.165) is 35.2 Å². The molecule has 2 aliphatic rings. The highest BCUT2D eigenvalue weighted by Crippen LogP contribution is 2.50. The van der Waals surface area contributed by atoms with Crippen LogP contribution >= 0.6 is 15.9 Å². The largest absolute Gasteiger partial charge is 0.487 e. The highest BCUT2D eigenvalue weighted by atomic mass is 79.9. The maximum absolute atomic E-state index is 10.3. The van der Waals surface area contributed by atoms with Gasteiger partial charge in [-0.05, 0) is 25.1 Å². The van der Waals surface area contributed by atoms with Crippen LogP contribution in [0.1, 0.15) is 37.9 Å². The van der Waals surface area contributed by atoms with Gasteiger partial charge in [0, 0.05) is 35.9 Å². The maximum atomic E-state index is 10.3. The predicted octanol–water partition coefficient (Wildman–Crippen LogP) is 3.20. The molecule has 98 valence electrons. The van der Waals surface area contributed by atoms with Gasteiger partial charge in [0.2, 0.25) is 0 Å². The molecule has 0 saturated heterocycles. The van der Waals surface area contributed by atoms with Crippen LogP contribution in [-0.4, -0.2) is 23.4 Å². The third kappa shape index (κ3) is 2.06. The van der Waals surface area contributed by atoms with E-state index in [1.54, 1.807) is 0 Å². The number of aliphatic hydroxyl groups excluding tert-OH is 1. The zero-order valence-corrected chi connectivity index (χ0v) is 11.9. The molecule has 18 heavy (non-hydrogen) atoms. The van der Waals surface area contributed by atoms with E-state index in [1.165, 1.54) is 0 Å². The summed E-state index contributed by atoms with van der Waals surface area (Å²) in [6, 6.07) is 5.81. The summed E-state index contributed by atoms with van der Waals surface area (Å²) >= 11 is 3.42. The summed E-state index contributed by atoms with van der Waals surface area (Å²) in [6.07, 6.45) is 2.29. The van der Waals surface area contributed by atoms with Crippen LogP contribution < -0.4 is 4.74 Å². The lowest BCUT2D eigenvalue weighted by Crippen LogP contribution is -2.55. The molecule has 1 heterocycles. The molecule has 1 aliphatic carbocycles. The molecule has 3 rings (SSSR count). The van der Waals surface area contributed by atoms with Crippen LogP contribution in [-0.2, 0) is 4.74 Å². The van der Waals surface area contributed by atoms with Gasteiger partial charge in [0.15, 0.2) is 0 Å². The number of halogens is 1. The summed E-state index contributed by atoms with van der Waals surface area (Å²) < 4.78 is 12.6. The van der Waals surface area contributed by atoms with E-state index in [4.69, 9.17) is 9.47 Å². The van der Waals surface area contributed by atoms with Crippen LogP contribution in [0, 0.1) is 0 Å². The summed E-state index contributed by atoms with van der Waals surface area (Å²) in [5, 5.41) is 10.3. The third-order valence-corrected chi connectivity index (χ3v) is 4.32. The Bertz CT molecular complexity index is 454. The maximum Gasteiger partial charge on any atom is 0.126 e. The number of hydrogen-bond acceptors (Lipinski definition) is 3. The molecule has 1 fully saturated rings. The van der Waals surface area contributed by atoms with Crippen molar-refractivity contribution in [3.63, 3.8) is 0 Å². The summed E-state index contributed by atoms with van der Waals surface area (Å²) in [5.74, 6) is 0.812. The lowest BCUT2D eigenvalue weighted by molar-refractivity contribution is -0.147. The van der Waals surface area contributed by atoms with E-state index in [2.05, 4.69) is 15.9 Å². The molecule has 1 aliphatic heterocycles. The van der Waals surface area contributed by atoms with Crippen molar-refractivity contribution in [2.24, 2.45) is 0 Å². The second-order valence-corrected chi connectivity index (χ2v) is 6.09. The minimum Gasteiger partial charge on any atom is -0.487 e. The van der Waals surface area contributed by atoms with Crippen molar-refractivity contribution in [3.8, 4) is 5.75 Å². The lowest BCUT2D eigenvalue weighted by Gasteiger charge is -2.50. The Balaban J connectivity index is 1.79. The Hall–Kier alpha value is -0.580. The molecule has 0 unspecified atom stereocenters. The summed E-state index contributed by atoms with van der Waals surface area (Å²) in [4.78, 5) is 0. The van der Waals surface area contributed by atoms with E-state index in [1.807, 2.05) is 25.1 Å². The van der Waals surface area contributed by atoms with Gasteiger partial charge in [-0.15, -0.1) is 0 Å². The highest BCUT2D eigenvalue weighted by molar-refractivity contribution is 9.10. The van der Waals surface area contributed by atoms with Crippen molar-refractivity contribution in [1.82, 2.24) is 0 Å². The number of hydrogen-bond donors (Lipinski definition) is 1. The van der Waals surface area contributed by atoms with E-state index < -0.39 is 6.10 Å². The van der Waals surface area contributed by atoms with Gasteiger partial charge in [0.1, 0.15) is 11.4 Å². The average molecular weight is 313 g/mol. The molecule has 1 atom stereocenters. The number of rotatable bonds is 2. The first-order chi connectivity index (χ1) is 8.62. The van der Waals surface area contributed by atoms with Gasteiger partial charge in [-0.2, -0.15) is 0 Å². The highest BCUT2D eigenvalue weighted by Gasteiger charge is 2.51. The monoisotopic (exact) mass is 312 g/mol. The molecule has 1 saturated carbocycles. The zero-order chi connectivity index (χ0) is 12.8. The molecule has 0 radical (unpaired) electrons. The molecule has 4 heteroatoms. The topological polar surface area (TPSA) is 38.7 Å². The fourth-order valence-electron chi connectivity index (χ4n) is 2.98. The zero-order valence-electron chi connectivity index (χ0n) is 10.4. The Morgan fingerprint density at radius 2 is 2.22 bits per heavy atom. The summed E-state index contributed by atoms with van der Waals surface area (Å²) in [6.45, 7) is 2.75. The van der Waals surface area contributed by atoms with Crippen LogP contribution in [0.5, 0.6) is 5.75 Å². The first kappa shape index (κ1) is 12.5. The molecule has 0 amide bonds. The van der Waals surface area contributed by atoms with Crippen LogP contribution in [0.4, 0.5) is 0 Å². The van der Waals surface area contributed by atoms with E-state index in [0.29, 0.717) is 12.5 Å². The first-order valence-electron chi connectivity index (χ1n) is 6.40. The Labute approximate surface area is 115 Å². The molecule has 1 N–H and O–H groups in total. The number of fused-ring (bicyclic) bond motifs is 1. The summed E-state index contributed by atoms with van der Waals surface area (Å²) in [7, 11) is 0. The molecule has 1 aromatic rings. The average Bonchev–Trinajstić information content (AvgIpc) is 2.29. The minimum absolute atomic E-state index is 0.208. The normalized spacial score (nSPS) is 33.7. The smallest absolute Gasteiger partial charge is 0.126 e. The molecule has 0 bridgehead atoms. The Morgan fingerprint density at radius 1 is 1.44 bits per heavy atom. The van der Waals surface area contributed by atoms with Crippen LogP contribution in [0.3, 0.4) is 0 Å². The van der Waals surface area contributed by atoms with Gasteiger partial charge in [-0.3, -0.25) is 0 Å². The standard InChI is InChI=1S/C14H17BrO3/c1-2-17-10-6-14(7-10)8-12(16)11-5-9(15)3-4-13(11)18-14/h3-5,10,12,16H,2,6-8H2,1H3/t10?,12-,14?/m1/s1.